The van der Waals surface area contributed by atoms with E-state index in [0.29, 0.717) is 25.1 Å². The molecule has 1 atom stereocenters. The predicted molar refractivity (Wildman–Crippen MR) is 72.6 cm³/mol. The van der Waals surface area contributed by atoms with Crippen LogP contribution in [0.5, 0.6) is 0 Å². The molecule has 3 N–H and O–H groups in total. The molecule has 0 aromatic carbocycles. The van der Waals surface area contributed by atoms with Crippen LogP contribution in [0.25, 0.3) is 0 Å². The lowest BCUT2D eigenvalue weighted by molar-refractivity contribution is -0.0599. The van der Waals surface area contributed by atoms with Gasteiger partial charge in [-0.2, -0.15) is 5.10 Å². The molecule has 2 rings (SSSR count). The maximum Gasteiger partial charge on any atom is 0.244 e. The Morgan fingerprint density at radius 1 is 1.55 bits per heavy atom. The lowest BCUT2D eigenvalue weighted by Crippen LogP contribution is -2.45. The fraction of sp³-hybridized carbons (Fsp3) is 0.750. The number of rotatable bonds is 4. The number of aromatic nitrogens is 2. The summed E-state index contributed by atoms with van der Waals surface area (Å²) >= 11 is 0. The Morgan fingerprint density at radius 2 is 2.25 bits per heavy atom. The van der Waals surface area contributed by atoms with Crippen molar-refractivity contribution >= 4 is 10.0 Å². The van der Waals surface area contributed by atoms with E-state index in [1.54, 1.807) is 6.92 Å². The first kappa shape index (κ1) is 15.4. The highest BCUT2D eigenvalue weighted by molar-refractivity contribution is 7.89. The zero-order valence-electron chi connectivity index (χ0n) is 11.9. The molecule has 1 aromatic heterocycles. The number of hydrogen-bond donors (Lipinski definition) is 3. The summed E-state index contributed by atoms with van der Waals surface area (Å²) < 4.78 is 33.2. The van der Waals surface area contributed by atoms with Gasteiger partial charge in [0.05, 0.1) is 17.9 Å². The van der Waals surface area contributed by atoms with Crippen molar-refractivity contribution in [3.8, 4) is 0 Å². The third-order valence-electron chi connectivity index (χ3n) is 3.40. The molecule has 1 aliphatic heterocycles. The van der Waals surface area contributed by atoms with Crippen LogP contribution >= 0.6 is 0 Å². The van der Waals surface area contributed by atoms with Crippen LogP contribution in [-0.2, 0) is 21.4 Å². The first-order chi connectivity index (χ1) is 9.25. The summed E-state index contributed by atoms with van der Waals surface area (Å²) in [5.41, 5.74) is 0.227. The van der Waals surface area contributed by atoms with Crippen molar-refractivity contribution in [3.63, 3.8) is 0 Å². The molecule has 0 saturated carbocycles. The SMILES string of the molecule is Cc1[nH]nc(CO)c1S(=O)(=O)NC1CCOC(C)(C)C1. The zero-order chi connectivity index (χ0) is 15.0. The van der Waals surface area contributed by atoms with Crippen LogP contribution in [0.4, 0.5) is 0 Å². The van der Waals surface area contributed by atoms with Crippen molar-refractivity contribution in [3.05, 3.63) is 11.4 Å². The van der Waals surface area contributed by atoms with E-state index >= 15 is 0 Å². The van der Waals surface area contributed by atoms with Gasteiger partial charge in [0.25, 0.3) is 0 Å². The smallest absolute Gasteiger partial charge is 0.244 e. The van der Waals surface area contributed by atoms with Crippen LogP contribution in [0.2, 0.25) is 0 Å². The topological polar surface area (TPSA) is 104 Å². The van der Waals surface area contributed by atoms with Crippen molar-refractivity contribution in [2.75, 3.05) is 6.61 Å². The van der Waals surface area contributed by atoms with Crippen LogP contribution in [0.1, 0.15) is 38.1 Å². The molecule has 1 saturated heterocycles. The quantitative estimate of drug-likeness (QED) is 0.749. The normalized spacial score (nSPS) is 22.9. The molecular weight excluding hydrogens is 282 g/mol. The summed E-state index contributed by atoms with van der Waals surface area (Å²) in [4.78, 5) is 0.0456. The maximum atomic E-state index is 12.5. The minimum Gasteiger partial charge on any atom is -0.390 e. The summed E-state index contributed by atoms with van der Waals surface area (Å²) in [7, 11) is -3.70. The molecule has 20 heavy (non-hydrogen) atoms. The highest BCUT2D eigenvalue weighted by Crippen LogP contribution is 2.26. The average molecular weight is 303 g/mol. The number of nitrogens with zero attached hydrogens (tertiary/aromatic N) is 1. The third-order valence-corrected chi connectivity index (χ3v) is 5.12. The number of aryl methyl sites for hydroxylation is 1. The van der Waals surface area contributed by atoms with Crippen molar-refractivity contribution in [2.45, 2.75) is 56.8 Å². The summed E-state index contributed by atoms with van der Waals surface area (Å²) in [6.07, 6.45) is 1.24. The fourth-order valence-electron chi connectivity index (χ4n) is 2.54. The van der Waals surface area contributed by atoms with Crippen LogP contribution in [0, 0.1) is 6.92 Å². The number of sulfonamides is 1. The monoisotopic (exact) mass is 303 g/mol. The molecule has 1 unspecified atom stereocenters. The molecule has 0 radical (unpaired) electrons. The van der Waals surface area contributed by atoms with Gasteiger partial charge in [0.15, 0.2) is 0 Å². The van der Waals surface area contributed by atoms with E-state index in [9.17, 15) is 13.5 Å². The number of nitrogens with one attached hydrogen (secondary N) is 2. The van der Waals surface area contributed by atoms with Gasteiger partial charge in [0.1, 0.15) is 10.6 Å². The Bertz CT molecular complexity index is 580. The molecule has 2 heterocycles. The van der Waals surface area contributed by atoms with Crippen molar-refractivity contribution in [1.29, 1.82) is 0 Å². The van der Waals surface area contributed by atoms with E-state index in [4.69, 9.17) is 4.74 Å². The van der Waals surface area contributed by atoms with Gasteiger partial charge in [-0.15, -0.1) is 0 Å². The van der Waals surface area contributed by atoms with Crippen LogP contribution < -0.4 is 4.72 Å². The fourth-order valence-corrected chi connectivity index (χ4v) is 4.17. The Kier molecular flexibility index (Phi) is 4.19. The van der Waals surface area contributed by atoms with Crippen molar-refractivity contribution < 1.29 is 18.3 Å². The molecule has 0 spiro atoms. The summed E-state index contributed by atoms with van der Waals surface area (Å²) in [5.74, 6) is 0. The minimum atomic E-state index is -3.70. The second-order valence-electron chi connectivity index (χ2n) is 5.70. The highest BCUT2D eigenvalue weighted by Gasteiger charge is 2.33. The van der Waals surface area contributed by atoms with E-state index in [1.807, 2.05) is 13.8 Å². The molecule has 0 amide bonds. The Balaban J connectivity index is 2.21. The Labute approximate surface area is 118 Å². The number of aliphatic hydroxyl groups excluding tert-OH is 1. The molecule has 114 valence electrons. The molecule has 8 heteroatoms. The molecular formula is C12H21N3O4S. The van der Waals surface area contributed by atoms with Crippen molar-refractivity contribution in [1.82, 2.24) is 14.9 Å². The van der Waals surface area contributed by atoms with Crippen molar-refractivity contribution in [2.24, 2.45) is 0 Å². The first-order valence-corrected chi connectivity index (χ1v) is 8.04. The predicted octanol–water partition coefficient (Wildman–Crippen LogP) is 0.446. The number of ether oxygens (including phenoxy) is 1. The van der Waals surface area contributed by atoms with E-state index in [1.165, 1.54) is 0 Å². The van der Waals surface area contributed by atoms with E-state index in [2.05, 4.69) is 14.9 Å². The van der Waals surface area contributed by atoms with Gasteiger partial charge in [-0.3, -0.25) is 5.10 Å². The highest BCUT2D eigenvalue weighted by atomic mass is 32.2. The van der Waals surface area contributed by atoms with Gasteiger partial charge >= 0.3 is 0 Å². The molecule has 0 bridgehead atoms. The minimum absolute atomic E-state index is 0.0456. The van der Waals surface area contributed by atoms with Gasteiger partial charge in [-0.1, -0.05) is 0 Å². The second-order valence-corrected chi connectivity index (χ2v) is 7.35. The Morgan fingerprint density at radius 3 is 2.85 bits per heavy atom. The summed E-state index contributed by atoms with van der Waals surface area (Å²) in [6.45, 7) is 5.61. The standard InChI is InChI=1S/C12H21N3O4S/c1-8-11(10(7-16)14-13-8)20(17,18)15-9-4-5-19-12(2,3)6-9/h9,15-16H,4-7H2,1-3H3,(H,13,14). The van der Waals surface area contributed by atoms with E-state index < -0.39 is 16.6 Å². The first-order valence-electron chi connectivity index (χ1n) is 6.56. The van der Waals surface area contributed by atoms with Gasteiger partial charge in [-0.25, -0.2) is 13.1 Å². The van der Waals surface area contributed by atoms with Crippen LogP contribution in [-0.4, -0.2) is 42.0 Å². The van der Waals surface area contributed by atoms with E-state index in [-0.39, 0.29) is 22.2 Å². The maximum absolute atomic E-state index is 12.5. The van der Waals surface area contributed by atoms with Gasteiger partial charge in [0, 0.05) is 12.6 Å². The van der Waals surface area contributed by atoms with Gasteiger partial charge in [-0.05, 0) is 33.6 Å². The number of H-pyrrole nitrogens is 1. The Hall–Kier alpha value is -0.960. The summed E-state index contributed by atoms with van der Waals surface area (Å²) in [6, 6.07) is -0.176. The largest absolute Gasteiger partial charge is 0.390 e. The molecule has 0 aliphatic carbocycles. The summed E-state index contributed by atoms with van der Waals surface area (Å²) in [5, 5.41) is 15.6. The lowest BCUT2D eigenvalue weighted by Gasteiger charge is -2.35. The molecule has 1 fully saturated rings. The van der Waals surface area contributed by atoms with Crippen LogP contribution in [0.3, 0.4) is 0 Å². The van der Waals surface area contributed by atoms with Gasteiger partial charge in [0.2, 0.25) is 10.0 Å². The number of aliphatic hydroxyl groups is 1. The molecule has 7 nitrogen and oxygen atoms in total. The number of aromatic amines is 1. The number of hydrogen-bond acceptors (Lipinski definition) is 5. The van der Waals surface area contributed by atoms with Crippen LogP contribution in [0.15, 0.2) is 4.90 Å². The molecule has 1 aliphatic rings. The average Bonchev–Trinajstić information content (AvgIpc) is 2.69. The molecule has 1 aromatic rings. The lowest BCUT2D eigenvalue weighted by atomic mass is 9.95. The zero-order valence-corrected chi connectivity index (χ0v) is 12.7. The van der Waals surface area contributed by atoms with E-state index in [0.717, 1.165) is 0 Å². The van der Waals surface area contributed by atoms with Gasteiger partial charge < -0.3 is 9.84 Å². The third kappa shape index (κ3) is 3.20. The second kappa shape index (κ2) is 5.44.